The summed E-state index contributed by atoms with van der Waals surface area (Å²) >= 11 is 0. The van der Waals surface area contributed by atoms with Crippen LogP contribution in [0.1, 0.15) is 53.0 Å². The lowest BCUT2D eigenvalue weighted by Gasteiger charge is -2.27. The molecule has 0 bridgehead atoms. The van der Waals surface area contributed by atoms with Gasteiger partial charge in [0.05, 0.1) is 30.6 Å². The highest BCUT2D eigenvalue weighted by Gasteiger charge is 2.30. The van der Waals surface area contributed by atoms with E-state index in [2.05, 4.69) is 10.6 Å². The van der Waals surface area contributed by atoms with Crippen LogP contribution in [-0.2, 0) is 25.5 Å². The van der Waals surface area contributed by atoms with Crippen LogP contribution in [0.3, 0.4) is 0 Å². The molecule has 0 saturated carbocycles. The van der Waals surface area contributed by atoms with Crippen molar-refractivity contribution in [2.75, 3.05) is 7.11 Å². The van der Waals surface area contributed by atoms with Gasteiger partial charge in [-0.1, -0.05) is 32.4 Å². The monoisotopic (exact) mass is 481 g/mol. The maximum atomic E-state index is 12.6. The van der Waals surface area contributed by atoms with Gasteiger partial charge in [0.25, 0.3) is 5.69 Å². The number of non-ortho nitro benzene ring substituents is 1. The number of rotatable bonds is 11. The summed E-state index contributed by atoms with van der Waals surface area (Å²) < 4.78 is 10.0. The summed E-state index contributed by atoms with van der Waals surface area (Å²) in [6, 6.07) is 3.87. The van der Waals surface area contributed by atoms with Crippen LogP contribution < -0.4 is 10.6 Å². The molecule has 0 aromatic heterocycles. The van der Waals surface area contributed by atoms with Crippen LogP contribution in [0, 0.1) is 16.0 Å². The van der Waals surface area contributed by atoms with E-state index in [1.165, 1.54) is 25.3 Å². The van der Waals surface area contributed by atoms with Crippen LogP contribution in [-0.4, -0.2) is 58.9 Å². The number of amides is 2. The Hall–Kier alpha value is -3.21. The lowest BCUT2D eigenvalue weighted by atomic mass is 9.97. The Bertz CT molecular complexity index is 868. The normalized spacial score (nSPS) is 14.8. The van der Waals surface area contributed by atoms with E-state index in [0.717, 1.165) is 0 Å². The molecule has 0 heterocycles. The number of aliphatic hydroxyl groups is 1. The maximum absolute atomic E-state index is 12.6. The zero-order valence-corrected chi connectivity index (χ0v) is 20.5. The molecular formula is C23H35N3O8. The molecule has 1 aromatic rings. The highest BCUT2D eigenvalue weighted by atomic mass is 16.6. The SMILES string of the molecule is CC[C@H](C)[C@H](NC(=O)CC(O)[C@H](Cc1cccc([N+](=O)[O-])c1)NC(=O)OC(C)(C)C)C(=O)OC. The van der Waals surface area contributed by atoms with Gasteiger partial charge in [0.2, 0.25) is 5.91 Å². The molecule has 2 amide bonds. The molecule has 0 saturated heterocycles. The lowest BCUT2D eigenvalue weighted by molar-refractivity contribution is -0.384. The maximum Gasteiger partial charge on any atom is 0.407 e. The van der Waals surface area contributed by atoms with Gasteiger partial charge in [-0.3, -0.25) is 14.9 Å². The van der Waals surface area contributed by atoms with Gasteiger partial charge < -0.3 is 25.2 Å². The first kappa shape index (κ1) is 28.8. The van der Waals surface area contributed by atoms with Crippen LogP contribution in [0.15, 0.2) is 24.3 Å². The van der Waals surface area contributed by atoms with Crippen LogP contribution in [0.4, 0.5) is 10.5 Å². The number of alkyl carbamates (subject to hydrolysis) is 1. The largest absolute Gasteiger partial charge is 0.467 e. The Balaban J connectivity index is 3.04. The van der Waals surface area contributed by atoms with Crippen molar-refractivity contribution in [1.29, 1.82) is 0 Å². The highest BCUT2D eigenvalue weighted by Crippen LogP contribution is 2.17. The van der Waals surface area contributed by atoms with Crippen molar-refractivity contribution in [3.63, 3.8) is 0 Å². The van der Waals surface area contributed by atoms with Crippen molar-refractivity contribution < 1.29 is 33.9 Å². The van der Waals surface area contributed by atoms with Crippen molar-refractivity contribution in [3.05, 3.63) is 39.9 Å². The first-order valence-corrected chi connectivity index (χ1v) is 11.1. The molecule has 1 aromatic carbocycles. The number of nitrogens with one attached hydrogen (secondary N) is 2. The van der Waals surface area contributed by atoms with Gasteiger partial charge >= 0.3 is 12.1 Å². The number of benzene rings is 1. The summed E-state index contributed by atoms with van der Waals surface area (Å²) in [5.41, 5.74) is -0.469. The van der Waals surface area contributed by atoms with Crippen LogP contribution >= 0.6 is 0 Å². The fourth-order valence-corrected chi connectivity index (χ4v) is 3.15. The fraction of sp³-hybridized carbons (Fsp3) is 0.609. The Morgan fingerprint density at radius 2 is 1.85 bits per heavy atom. The van der Waals surface area contributed by atoms with Crippen molar-refractivity contribution in [2.24, 2.45) is 5.92 Å². The minimum atomic E-state index is -1.37. The molecule has 1 rings (SSSR count). The molecule has 11 heteroatoms. The second-order valence-electron chi connectivity index (χ2n) is 9.11. The Kier molecular flexibility index (Phi) is 10.9. The van der Waals surface area contributed by atoms with Gasteiger partial charge in [0, 0.05) is 12.1 Å². The third kappa shape index (κ3) is 9.74. The van der Waals surface area contributed by atoms with Crippen LogP contribution in [0.2, 0.25) is 0 Å². The lowest BCUT2D eigenvalue weighted by Crippen LogP contribution is -2.50. The molecule has 1 unspecified atom stereocenters. The average Bonchev–Trinajstić information content (AvgIpc) is 2.74. The van der Waals surface area contributed by atoms with E-state index >= 15 is 0 Å². The fourth-order valence-electron chi connectivity index (χ4n) is 3.15. The molecule has 0 aliphatic carbocycles. The Morgan fingerprint density at radius 3 is 2.38 bits per heavy atom. The quantitative estimate of drug-likeness (QED) is 0.247. The molecule has 0 radical (unpaired) electrons. The second-order valence-corrected chi connectivity index (χ2v) is 9.11. The van der Waals surface area contributed by atoms with Gasteiger partial charge in [-0.15, -0.1) is 0 Å². The number of methoxy groups -OCH3 is 1. The van der Waals surface area contributed by atoms with E-state index in [1.807, 2.05) is 6.92 Å². The molecule has 11 nitrogen and oxygen atoms in total. The first-order chi connectivity index (χ1) is 15.8. The summed E-state index contributed by atoms with van der Waals surface area (Å²) in [5, 5.41) is 27.0. The number of carbonyl (C=O) groups excluding carboxylic acids is 3. The van der Waals surface area contributed by atoms with Gasteiger partial charge in [0.1, 0.15) is 11.6 Å². The molecule has 0 aliphatic rings. The van der Waals surface area contributed by atoms with E-state index in [1.54, 1.807) is 33.8 Å². The van der Waals surface area contributed by atoms with Crippen molar-refractivity contribution in [1.82, 2.24) is 10.6 Å². The molecule has 0 aliphatic heterocycles. The topological polar surface area (TPSA) is 157 Å². The van der Waals surface area contributed by atoms with E-state index in [9.17, 15) is 29.6 Å². The van der Waals surface area contributed by atoms with Crippen molar-refractivity contribution in [3.8, 4) is 0 Å². The zero-order valence-electron chi connectivity index (χ0n) is 20.5. The highest BCUT2D eigenvalue weighted by molar-refractivity contribution is 5.85. The number of carbonyl (C=O) groups is 3. The van der Waals surface area contributed by atoms with Gasteiger partial charge in [-0.25, -0.2) is 9.59 Å². The van der Waals surface area contributed by atoms with E-state index in [4.69, 9.17) is 9.47 Å². The number of esters is 1. The van der Waals surface area contributed by atoms with E-state index < -0.39 is 53.1 Å². The number of hydrogen-bond acceptors (Lipinski definition) is 8. The van der Waals surface area contributed by atoms with Crippen LogP contribution in [0.25, 0.3) is 0 Å². The molecule has 0 fully saturated rings. The Labute approximate surface area is 199 Å². The zero-order chi connectivity index (χ0) is 26.1. The second kappa shape index (κ2) is 12.9. The molecule has 4 atom stereocenters. The summed E-state index contributed by atoms with van der Waals surface area (Å²) in [6.45, 7) is 8.67. The minimum Gasteiger partial charge on any atom is -0.467 e. The van der Waals surface area contributed by atoms with E-state index in [-0.39, 0.29) is 18.0 Å². The summed E-state index contributed by atoms with van der Waals surface area (Å²) in [7, 11) is 1.22. The first-order valence-electron chi connectivity index (χ1n) is 11.1. The Morgan fingerprint density at radius 1 is 1.21 bits per heavy atom. The number of nitrogens with zero attached hydrogens (tertiary/aromatic N) is 1. The molecule has 3 N–H and O–H groups in total. The molecule has 34 heavy (non-hydrogen) atoms. The summed E-state index contributed by atoms with van der Waals surface area (Å²) in [6.07, 6.45) is -2.00. The number of aliphatic hydroxyl groups excluding tert-OH is 1. The smallest absolute Gasteiger partial charge is 0.407 e. The summed E-state index contributed by atoms with van der Waals surface area (Å²) in [4.78, 5) is 47.5. The van der Waals surface area contributed by atoms with Crippen molar-refractivity contribution in [2.45, 2.75) is 77.7 Å². The molecule has 0 spiro atoms. The molecule has 190 valence electrons. The van der Waals surface area contributed by atoms with Crippen molar-refractivity contribution >= 4 is 23.7 Å². The van der Waals surface area contributed by atoms with Gasteiger partial charge in [-0.05, 0) is 38.7 Å². The van der Waals surface area contributed by atoms with Crippen LogP contribution in [0.5, 0.6) is 0 Å². The average molecular weight is 482 g/mol. The summed E-state index contributed by atoms with van der Waals surface area (Å²) in [5.74, 6) is -1.41. The predicted molar refractivity (Wildman–Crippen MR) is 124 cm³/mol. The minimum absolute atomic E-state index is 0.00115. The number of nitro groups is 1. The number of hydrogen-bond donors (Lipinski definition) is 3. The third-order valence-corrected chi connectivity index (χ3v) is 5.12. The van der Waals surface area contributed by atoms with E-state index in [0.29, 0.717) is 12.0 Å². The molecular weight excluding hydrogens is 446 g/mol. The standard InChI is InChI=1S/C23H35N3O8/c1-7-14(2)20(21(29)33-6)25-19(28)13-18(27)17(24-22(30)34-23(3,4)5)12-15-9-8-10-16(11-15)26(31)32/h8-11,14,17-18,20,27H,7,12-13H2,1-6H3,(H,24,30)(H,25,28)/t14-,17-,18?,20-/m0/s1. The van der Waals surface area contributed by atoms with Gasteiger partial charge in [-0.2, -0.15) is 0 Å². The predicted octanol–water partition coefficient (Wildman–Crippen LogP) is 2.49. The van der Waals surface area contributed by atoms with Gasteiger partial charge in [0.15, 0.2) is 0 Å². The number of nitro benzene ring substituents is 1. The third-order valence-electron chi connectivity index (χ3n) is 5.12. The number of ether oxygens (including phenoxy) is 2.